The Morgan fingerprint density at radius 3 is 2.67 bits per heavy atom. The molecular formula is C15H27N3. The first-order chi connectivity index (χ1) is 8.58. The second kappa shape index (κ2) is 5.87. The zero-order valence-electron chi connectivity index (χ0n) is 12.3. The molecule has 1 saturated carbocycles. The monoisotopic (exact) mass is 249 g/mol. The third kappa shape index (κ3) is 3.58. The summed E-state index contributed by atoms with van der Waals surface area (Å²) in [6, 6.07) is 0.807. The van der Waals surface area contributed by atoms with E-state index in [-0.39, 0.29) is 0 Å². The highest BCUT2D eigenvalue weighted by atomic mass is 15.3. The van der Waals surface area contributed by atoms with Crippen LogP contribution in [0.25, 0.3) is 0 Å². The number of hydrogen-bond acceptors (Lipinski definition) is 2. The first kappa shape index (κ1) is 13.6. The highest BCUT2D eigenvalue weighted by molar-refractivity contribution is 5.24. The molecule has 2 rings (SSSR count). The summed E-state index contributed by atoms with van der Waals surface area (Å²) in [5.74, 6) is 0.744. The molecule has 0 saturated heterocycles. The molecule has 1 aromatic heterocycles. The van der Waals surface area contributed by atoms with Gasteiger partial charge in [0.1, 0.15) is 0 Å². The van der Waals surface area contributed by atoms with Crippen LogP contribution in [-0.4, -0.2) is 22.4 Å². The molecule has 0 spiro atoms. The first-order valence-electron chi connectivity index (χ1n) is 7.34. The van der Waals surface area contributed by atoms with Gasteiger partial charge in [0.25, 0.3) is 0 Å². The summed E-state index contributed by atoms with van der Waals surface area (Å²) in [6.45, 7) is 11.1. The van der Waals surface area contributed by atoms with Gasteiger partial charge in [-0.05, 0) is 57.6 Å². The van der Waals surface area contributed by atoms with Crippen molar-refractivity contribution in [3.05, 3.63) is 17.0 Å². The van der Waals surface area contributed by atoms with Gasteiger partial charge in [0, 0.05) is 18.3 Å². The van der Waals surface area contributed by atoms with Crippen molar-refractivity contribution in [1.29, 1.82) is 0 Å². The molecule has 1 aliphatic carbocycles. The van der Waals surface area contributed by atoms with Gasteiger partial charge in [0.15, 0.2) is 0 Å². The van der Waals surface area contributed by atoms with Gasteiger partial charge >= 0.3 is 0 Å². The van der Waals surface area contributed by atoms with E-state index in [1.165, 1.54) is 36.2 Å². The first-order valence-corrected chi connectivity index (χ1v) is 7.34. The fourth-order valence-electron chi connectivity index (χ4n) is 2.38. The lowest BCUT2D eigenvalue weighted by molar-refractivity contribution is 0.478. The molecule has 1 fully saturated rings. The summed E-state index contributed by atoms with van der Waals surface area (Å²) < 4.78 is 2.20. The topological polar surface area (TPSA) is 29.9 Å². The summed E-state index contributed by atoms with van der Waals surface area (Å²) in [5.41, 5.74) is 4.03. The maximum Gasteiger partial charge on any atom is 0.0628 e. The molecule has 102 valence electrons. The Morgan fingerprint density at radius 1 is 1.33 bits per heavy atom. The van der Waals surface area contributed by atoms with Gasteiger partial charge < -0.3 is 5.32 Å². The number of hydrogen-bond donors (Lipinski definition) is 1. The molecule has 1 aromatic rings. The predicted molar refractivity (Wildman–Crippen MR) is 75.9 cm³/mol. The van der Waals surface area contributed by atoms with Gasteiger partial charge in [0.2, 0.25) is 0 Å². The molecule has 1 aliphatic rings. The van der Waals surface area contributed by atoms with Crippen molar-refractivity contribution in [3.8, 4) is 0 Å². The van der Waals surface area contributed by atoms with Gasteiger partial charge in [-0.1, -0.05) is 13.8 Å². The summed E-state index contributed by atoms with van der Waals surface area (Å²) in [6.07, 6.45) is 5.06. The van der Waals surface area contributed by atoms with Crippen molar-refractivity contribution < 1.29 is 0 Å². The van der Waals surface area contributed by atoms with Crippen LogP contribution in [0.15, 0.2) is 0 Å². The highest BCUT2D eigenvalue weighted by Crippen LogP contribution is 2.19. The Labute approximate surface area is 111 Å². The second-order valence-electron chi connectivity index (χ2n) is 6.03. The van der Waals surface area contributed by atoms with Gasteiger partial charge in [-0.15, -0.1) is 0 Å². The van der Waals surface area contributed by atoms with Crippen LogP contribution in [0.4, 0.5) is 0 Å². The van der Waals surface area contributed by atoms with Crippen LogP contribution in [0.5, 0.6) is 0 Å². The van der Waals surface area contributed by atoms with E-state index >= 15 is 0 Å². The van der Waals surface area contributed by atoms with E-state index in [9.17, 15) is 0 Å². The zero-order chi connectivity index (χ0) is 13.1. The third-order valence-electron chi connectivity index (χ3n) is 3.83. The third-order valence-corrected chi connectivity index (χ3v) is 3.83. The Hall–Kier alpha value is -0.830. The Kier molecular flexibility index (Phi) is 4.44. The smallest absolute Gasteiger partial charge is 0.0628 e. The molecule has 0 atom stereocenters. The van der Waals surface area contributed by atoms with Gasteiger partial charge in [0.05, 0.1) is 5.69 Å². The molecule has 1 N–H and O–H groups in total. The Morgan fingerprint density at radius 2 is 2.06 bits per heavy atom. The standard InChI is InChI=1S/C15H27N3/c1-11(2)8-10-18-13(4)15(12(3)17-18)7-9-16-14-5-6-14/h11,14,16H,5-10H2,1-4H3. The second-order valence-corrected chi connectivity index (χ2v) is 6.03. The van der Waals surface area contributed by atoms with Crippen LogP contribution in [-0.2, 0) is 13.0 Å². The number of aryl methyl sites for hydroxylation is 2. The highest BCUT2D eigenvalue weighted by Gasteiger charge is 2.20. The molecule has 0 aliphatic heterocycles. The lowest BCUT2D eigenvalue weighted by Crippen LogP contribution is -2.19. The lowest BCUT2D eigenvalue weighted by atomic mass is 10.1. The van der Waals surface area contributed by atoms with Crippen molar-refractivity contribution >= 4 is 0 Å². The minimum atomic E-state index is 0.744. The molecule has 3 heteroatoms. The largest absolute Gasteiger partial charge is 0.314 e. The van der Waals surface area contributed by atoms with Crippen molar-refractivity contribution in [2.45, 2.75) is 66.0 Å². The van der Waals surface area contributed by atoms with Crippen molar-refractivity contribution in [1.82, 2.24) is 15.1 Å². The molecule has 3 nitrogen and oxygen atoms in total. The van der Waals surface area contributed by atoms with E-state index in [1.54, 1.807) is 0 Å². The number of nitrogens with one attached hydrogen (secondary N) is 1. The van der Waals surface area contributed by atoms with Crippen molar-refractivity contribution in [3.63, 3.8) is 0 Å². The summed E-state index contributed by atoms with van der Waals surface area (Å²) in [7, 11) is 0. The van der Waals surface area contributed by atoms with E-state index in [1.807, 2.05) is 0 Å². The van der Waals surface area contributed by atoms with Gasteiger partial charge in [-0.25, -0.2) is 0 Å². The predicted octanol–water partition coefficient (Wildman–Crippen LogP) is 2.84. The van der Waals surface area contributed by atoms with Crippen LogP contribution in [0.2, 0.25) is 0 Å². The summed E-state index contributed by atoms with van der Waals surface area (Å²) in [5, 5.41) is 8.27. The maximum atomic E-state index is 4.68. The zero-order valence-corrected chi connectivity index (χ0v) is 12.3. The maximum absolute atomic E-state index is 4.68. The quantitative estimate of drug-likeness (QED) is 0.805. The minimum Gasteiger partial charge on any atom is -0.314 e. The average Bonchev–Trinajstić information content (AvgIpc) is 3.08. The molecule has 0 aromatic carbocycles. The Balaban J connectivity index is 1.91. The average molecular weight is 249 g/mol. The molecular weight excluding hydrogens is 222 g/mol. The minimum absolute atomic E-state index is 0.744. The SMILES string of the molecule is Cc1nn(CCC(C)C)c(C)c1CCNC1CC1. The van der Waals surface area contributed by atoms with E-state index in [4.69, 9.17) is 0 Å². The normalized spacial score (nSPS) is 15.6. The van der Waals surface area contributed by atoms with Crippen LogP contribution in [0, 0.1) is 19.8 Å². The number of rotatable bonds is 7. The van der Waals surface area contributed by atoms with Crippen LogP contribution in [0.1, 0.15) is 50.1 Å². The fourth-order valence-corrected chi connectivity index (χ4v) is 2.38. The van der Waals surface area contributed by atoms with Crippen molar-refractivity contribution in [2.24, 2.45) is 5.92 Å². The molecule has 1 heterocycles. The van der Waals surface area contributed by atoms with E-state index in [0.29, 0.717) is 0 Å². The summed E-state index contributed by atoms with van der Waals surface area (Å²) >= 11 is 0. The van der Waals surface area contributed by atoms with Crippen LogP contribution >= 0.6 is 0 Å². The van der Waals surface area contributed by atoms with Crippen molar-refractivity contribution in [2.75, 3.05) is 6.54 Å². The van der Waals surface area contributed by atoms with E-state index < -0.39 is 0 Å². The lowest BCUT2D eigenvalue weighted by Gasteiger charge is -2.08. The van der Waals surface area contributed by atoms with Gasteiger partial charge in [-0.2, -0.15) is 5.10 Å². The molecule has 18 heavy (non-hydrogen) atoms. The van der Waals surface area contributed by atoms with Crippen LogP contribution in [0.3, 0.4) is 0 Å². The molecule has 0 bridgehead atoms. The summed E-state index contributed by atoms with van der Waals surface area (Å²) in [4.78, 5) is 0. The molecule has 0 amide bonds. The number of nitrogens with zero attached hydrogens (tertiary/aromatic N) is 2. The Bertz CT molecular complexity index is 389. The fraction of sp³-hybridized carbons (Fsp3) is 0.800. The number of aromatic nitrogens is 2. The van der Waals surface area contributed by atoms with E-state index in [0.717, 1.165) is 31.5 Å². The van der Waals surface area contributed by atoms with Gasteiger partial charge in [-0.3, -0.25) is 4.68 Å². The van der Waals surface area contributed by atoms with Crippen LogP contribution < -0.4 is 5.32 Å². The molecule has 0 unspecified atom stereocenters. The van der Waals surface area contributed by atoms with E-state index in [2.05, 4.69) is 42.8 Å². The molecule has 0 radical (unpaired) electrons.